The highest BCUT2D eigenvalue weighted by Crippen LogP contribution is 2.24. The number of hydrogen-bond donors (Lipinski definition) is 1. The van der Waals surface area contributed by atoms with E-state index in [0.717, 1.165) is 22.2 Å². The van der Waals surface area contributed by atoms with Gasteiger partial charge in [0, 0.05) is 11.8 Å². The number of thiophene rings is 1. The van der Waals surface area contributed by atoms with Crippen LogP contribution in [0.2, 0.25) is 0 Å². The van der Waals surface area contributed by atoms with E-state index in [1.165, 1.54) is 0 Å². The van der Waals surface area contributed by atoms with Crippen LogP contribution >= 0.6 is 11.3 Å². The second-order valence-electron chi connectivity index (χ2n) is 3.45. The van der Waals surface area contributed by atoms with Crippen LogP contribution in [0.1, 0.15) is 24.5 Å². The average molecular weight is 219 g/mol. The van der Waals surface area contributed by atoms with Crippen LogP contribution in [0.5, 0.6) is 0 Å². The lowest BCUT2D eigenvalue weighted by Gasteiger charge is -2.08. The quantitative estimate of drug-likeness (QED) is 0.800. The SMILES string of the molecule is C=CCCC(O)c1cnc2ccsc2c1. The minimum atomic E-state index is -0.429. The predicted octanol–water partition coefficient (Wildman–Crippen LogP) is 3.30. The number of rotatable bonds is 4. The summed E-state index contributed by atoms with van der Waals surface area (Å²) in [6.45, 7) is 3.64. The molecule has 3 heteroatoms. The zero-order valence-corrected chi connectivity index (χ0v) is 9.20. The molecular formula is C12H13NOS. The summed E-state index contributed by atoms with van der Waals surface area (Å²) in [5, 5.41) is 11.9. The molecule has 0 bridgehead atoms. The van der Waals surface area contributed by atoms with Gasteiger partial charge in [-0.25, -0.2) is 0 Å². The van der Waals surface area contributed by atoms with Gasteiger partial charge in [-0.2, -0.15) is 0 Å². The lowest BCUT2D eigenvalue weighted by Crippen LogP contribution is -1.97. The Hall–Kier alpha value is -1.19. The van der Waals surface area contributed by atoms with Crippen LogP contribution in [0.15, 0.2) is 36.4 Å². The van der Waals surface area contributed by atoms with E-state index >= 15 is 0 Å². The van der Waals surface area contributed by atoms with E-state index in [2.05, 4.69) is 11.6 Å². The predicted molar refractivity (Wildman–Crippen MR) is 64.0 cm³/mol. The number of pyridine rings is 1. The van der Waals surface area contributed by atoms with Gasteiger partial charge in [0.1, 0.15) is 0 Å². The van der Waals surface area contributed by atoms with Crippen LogP contribution in [-0.4, -0.2) is 10.1 Å². The van der Waals surface area contributed by atoms with Gasteiger partial charge in [0.05, 0.1) is 16.3 Å². The van der Waals surface area contributed by atoms with Crippen molar-refractivity contribution in [2.24, 2.45) is 0 Å². The highest BCUT2D eigenvalue weighted by Gasteiger charge is 2.08. The fraction of sp³-hybridized carbons (Fsp3) is 0.250. The Kier molecular flexibility index (Phi) is 3.14. The molecule has 0 saturated heterocycles. The minimum absolute atomic E-state index is 0.429. The number of allylic oxidation sites excluding steroid dienone is 1. The lowest BCUT2D eigenvalue weighted by molar-refractivity contribution is 0.168. The summed E-state index contributed by atoms with van der Waals surface area (Å²) in [5.74, 6) is 0. The molecule has 2 heterocycles. The van der Waals surface area contributed by atoms with Crippen LogP contribution in [0.4, 0.5) is 0 Å². The molecule has 0 aliphatic carbocycles. The Morgan fingerprint density at radius 3 is 3.27 bits per heavy atom. The van der Waals surface area contributed by atoms with E-state index in [-0.39, 0.29) is 0 Å². The maximum absolute atomic E-state index is 9.87. The first kappa shape index (κ1) is 10.3. The zero-order chi connectivity index (χ0) is 10.7. The highest BCUT2D eigenvalue weighted by molar-refractivity contribution is 7.17. The van der Waals surface area contributed by atoms with E-state index in [4.69, 9.17) is 0 Å². The van der Waals surface area contributed by atoms with Gasteiger partial charge >= 0.3 is 0 Å². The fourth-order valence-corrected chi connectivity index (χ4v) is 2.28. The Morgan fingerprint density at radius 1 is 1.60 bits per heavy atom. The topological polar surface area (TPSA) is 33.1 Å². The summed E-state index contributed by atoms with van der Waals surface area (Å²) in [7, 11) is 0. The molecular weight excluding hydrogens is 206 g/mol. The number of aliphatic hydroxyl groups excluding tert-OH is 1. The van der Waals surface area contributed by atoms with Crippen LogP contribution in [0, 0.1) is 0 Å². The van der Waals surface area contributed by atoms with Crippen LogP contribution in [0.3, 0.4) is 0 Å². The van der Waals surface area contributed by atoms with Gasteiger partial charge in [-0.05, 0) is 30.4 Å². The van der Waals surface area contributed by atoms with Gasteiger partial charge in [-0.3, -0.25) is 4.98 Å². The first-order valence-corrected chi connectivity index (χ1v) is 5.81. The van der Waals surface area contributed by atoms with Crippen molar-refractivity contribution < 1.29 is 5.11 Å². The van der Waals surface area contributed by atoms with Crippen molar-refractivity contribution in [2.75, 3.05) is 0 Å². The summed E-state index contributed by atoms with van der Waals surface area (Å²) in [4.78, 5) is 4.29. The second kappa shape index (κ2) is 4.55. The van der Waals surface area contributed by atoms with E-state index in [1.54, 1.807) is 17.5 Å². The van der Waals surface area contributed by atoms with Crippen molar-refractivity contribution in [3.63, 3.8) is 0 Å². The zero-order valence-electron chi connectivity index (χ0n) is 8.39. The summed E-state index contributed by atoms with van der Waals surface area (Å²) < 4.78 is 1.13. The van der Waals surface area contributed by atoms with E-state index in [1.807, 2.05) is 23.6 Å². The molecule has 15 heavy (non-hydrogen) atoms. The molecule has 0 radical (unpaired) electrons. The molecule has 0 fully saturated rings. The maximum Gasteiger partial charge on any atom is 0.0809 e. The second-order valence-corrected chi connectivity index (χ2v) is 4.40. The molecule has 0 amide bonds. The summed E-state index contributed by atoms with van der Waals surface area (Å²) in [5.41, 5.74) is 1.89. The molecule has 0 aliphatic heterocycles. The third-order valence-electron chi connectivity index (χ3n) is 2.35. The van der Waals surface area contributed by atoms with Crippen molar-refractivity contribution in [3.8, 4) is 0 Å². The van der Waals surface area contributed by atoms with Gasteiger partial charge in [-0.15, -0.1) is 17.9 Å². The first-order chi connectivity index (χ1) is 7.31. The first-order valence-electron chi connectivity index (χ1n) is 4.93. The number of fused-ring (bicyclic) bond motifs is 1. The van der Waals surface area contributed by atoms with Crippen molar-refractivity contribution >= 4 is 21.6 Å². The van der Waals surface area contributed by atoms with Gasteiger partial charge in [0.2, 0.25) is 0 Å². The van der Waals surface area contributed by atoms with Gasteiger partial charge < -0.3 is 5.11 Å². The Bertz CT molecular complexity index is 463. The van der Waals surface area contributed by atoms with Crippen molar-refractivity contribution in [2.45, 2.75) is 18.9 Å². The molecule has 0 aliphatic rings. The smallest absolute Gasteiger partial charge is 0.0809 e. The van der Waals surface area contributed by atoms with Gasteiger partial charge in [-0.1, -0.05) is 6.08 Å². The Morgan fingerprint density at radius 2 is 2.47 bits per heavy atom. The molecule has 78 valence electrons. The third kappa shape index (κ3) is 2.25. The molecule has 1 unspecified atom stereocenters. The lowest BCUT2D eigenvalue weighted by atomic mass is 10.1. The van der Waals surface area contributed by atoms with Crippen molar-refractivity contribution in [1.29, 1.82) is 0 Å². The molecule has 1 N–H and O–H groups in total. The minimum Gasteiger partial charge on any atom is -0.388 e. The highest BCUT2D eigenvalue weighted by atomic mass is 32.1. The molecule has 0 aromatic carbocycles. The van der Waals surface area contributed by atoms with Crippen LogP contribution < -0.4 is 0 Å². The Labute approximate surface area is 92.9 Å². The number of aromatic nitrogens is 1. The average Bonchev–Trinajstić information content (AvgIpc) is 2.72. The van der Waals surface area contributed by atoms with Crippen LogP contribution in [-0.2, 0) is 0 Å². The third-order valence-corrected chi connectivity index (χ3v) is 3.21. The number of aliphatic hydroxyl groups is 1. The summed E-state index contributed by atoms with van der Waals surface area (Å²) in [6, 6.07) is 4.00. The molecule has 2 aromatic heterocycles. The van der Waals surface area contributed by atoms with Gasteiger partial charge in [0.25, 0.3) is 0 Å². The molecule has 2 rings (SSSR count). The van der Waals surface area contributed by atoms with Crippen molar-refractivity contribution in [1.82, 2.24) is 4.98 Å². The summed E-state index contributed by atoms with van der Waals surface area (Å²) in [6.07, 6.45) is 4.68. The maximum atomic E-state index is 9.87. The molecule has 2 aromatic rings. The monoisotopic (exact) mass is 219 g/mol. The number of nitrogens with zero attached hydrogens (tertiary/aromatic N) is 1. The molecule has 0 saturated carbocycles. The molecule has 2 nitrogen and oxygen atoms in total. The Balaban J connectivity index is 2.23. The van der Waals surface area contributed by atoms with E-state index in [9.17, 15) is 5.11 Å². The van der Waals surface area contributed by atoms with Crippen LogP contribution in [0.25, 0.3) is 10.2 Å². The van der Waals surface area contributed by atoms with Crippen molar-refractivity contribution in [3.05, 3.63) is 41.9 Å². The summed E-state index contributed by atoms with van der Waals surface area (Å²) >= 11 is 1.65. The van der Waals surface area contributed by atoms with Gasteiger partial charge in [0.15, 0.2) is 0 Å². The number of hydrogen-bond acceptors (Lipinski definition) is 3. The normalized spacial score (nSPS) is 12.9. The largest absolute Gasteiger partial charge is 0.388 e. The fourth-order valence-electron chi connectivity index (χ4n) is 1.49. The standard InChI is InChI=1S/C12H13NOS/c1-2-3-4-11(14)9-7-12-10(13-8-9)5-6-15-12/h2,5-8,11,14H,1,3-4H2. The molecule has 1 atom stereocenters. The van der Waals surface area contributed by atoms with E-state index < -0.39 is 6.10 Å². The van der Waals surface area contributed by atoms with E-state index in [0.29, 0.717) is 6.42 Å². The molecule has 0 spiro atoms.